The van der Waals surface area contributed by atoms with E-state index in [0.29, 0.717) is 17.5 Å². The van der Waals surface area contributed by atoms with Crippen LogP contribution in [0.4, 0.5) is 0 Å². The minimum absolute atomic E-state index is 0. The summed E-state index contributed by atoms with van der Waals surface area (Å²) in [6.07, 6.45) is 2.33. The Morgan fingerprint density at radius 3 is 2.39 bits per heavy atom. The molecule has 4 rings (SSSR count). The van der Waals surface area contributed by atoms with E-state index in [1.807, 2.05) is 0 Å². The predicted octanol–water partition coefficient (Wildman–Crippen LogP) is 5.84. The minimum atomic E-state index is -0.373. The Hall–Kier alpha value is -2.15. The van der Waals surface area contributed by atoms with Crippen molar-refractivity contribution in [2.45, 2.75) is 45.1 Å². The summed E-state index contributed by atoms with van der Waals surface area (Å²) in [5.41, 5.74) is 2.74. The quantitative estimate of drug-likeness (QED) is 0.447. The Balaban J connectivity index is 0.00000306. The van der Waals surface area contributed by atoms with Gasteiger partial charge in [-0.25, -0.2) is 0 Å². The topological polar surface area (TPSA) is 62.6 Å². The molecular weight excluding hydrogens is 504 g/mol. The molecule has 2 aromatic carbocycles. The maximum atomic E-state index is 12.9. The van der Waals surface area contributed by atoms with Crippen molar-refractivity contribution in [2.75, 3.05) is 19.6 Å². The number of hydrogen-bond donors (Lipinski definition) is 1. The van der Waals surface area contributed by atoms with Gasteiger partial charge in [0.15, 0.2) is 11.2 Å². The van der Waals surface area contributed by atoms with Crippen molar-refractivity contribution in [1.82, 2.24) is 10.2 Å². The molecule has 0 spiro atoms. The first-order chi connectivity index (χ1) is 15.2. The molecule has 2 heterocycles. The van der Waals surface area contributed by atoms with Crippen LogP contribution in [0.5, 0.6) is 0 Å². The van der Waals surface area contributed by atoms with E-state index in [2.05, 4.69) is 71.2 Å². The van der Waals surface area contributed by atoms with Gasteiger partial charge in [-0.1, -0.05) is 61.0 Å². The van der Waals surface area contributed by atoms with E-state index in [9.17, 15) is 9.59 Å². The molecule has 1 aromatic heterocycles. The lowest BCUT2D eigenvalue weighted by Gasteiger charge is -2.29. The van der Waals surface area contributed by atoms with E-state index in [1.165, 1.54) is 30.0 Å². The largest absolute Gasteiger partial charge is 0.451 e. The summed E-state index contributed by atoms with van der Waals surface area (Å²) in [5.74, 6) is -0.337. The van der Waals surface area contributed by atoms with Crippen molar-refractivity contribution in [2.24, 2.45) is 0 Å². The number of carbonyl (C=O) groups is 1. The SMILES string of the molecule is CC(C)(C)c1ccc(C(CNC(=O)c2cc(=O)c3cc(Br)ccc3o2)N2CCCC2)cc1.Cl. The molecule has 3 aromatic rings. The Labute approximate surface area is 209 Å². The van der Waals surface area contributed by atoms with Crippen molar-refractivity contribution < 1.29 is 9.21 Å². The summed E-state index contributed by atoms with van der Waals surface area (Å²) in [6.45, 7) is 9.10. The molecule has 0 aliphatic carbocycles. The first-order valence-electron chi connectivity index (χ1n) is 11.1. The minimum Gasteiger partial charge on any atom is -0.451 e. The summed E-state index contributed by atoms with van der Waals surface area (Å²) >= 11 is 3.36. The normalized spacial score (nSPS) is 15.3. The lowest BCUT2D eigenvalue weighted by Crippen LogP contribution is -2.37. The molecule has 0 radical (unpaired) electrons. The third-order valence-electron chi connectivity index (χ3n) is 6.11. The van der Waals surface area contributed by atoms with Gasteiger partial charge < -0.3 is 9.73 Å². The summed E-state index contributed by atoms with van der Waals surface area (Å²) in [7, 11) is 0. The maximum absolute atomic E-state index is 12.9. The molecule has 1 amide bonds. The number of benzene rings is 2. The van der Waals surface area contributed by atoms with Gasteiger partial charge in [0.2, 0.25) is 0 Å². The Morgan fingerprint density at radius 1 is 1.09 bits per heavy atom. The van der Waals surface area contributed by atoms with Gasteiger partial charge in [-0.3, -0.25) is 14.5 Å². The molecule has 33 heavy (non-hydrogen) atoms. The van der Waals surface area contributed by atoms with Gasteiger partial charge in [-0.05, 0) is 60.7 Å². The molecule has 176 valence electrons. The van der Waals surface area contributed by atoms with E-state index < -0.39 is 0 Å². The summed E-state index contributed by atoms with van der Waals surface area (Å²) in [4.78, 5) is 27.8. The van der Waals surface area contributed by atoms with Crippen LogP contribution in [0, 0.1) is 0 Å². The Kier molecular flexibility index (Phi) is 8.04. The summed E-state index contributed by atoms with van der Waals surface area (Å²) < 4.78 is 6.52. The Bertz CT molecular complexity index is 1180. The van der Waals surface area contributed by atoms with Gasteiger partial charge in [0.25, 0.3) is 5.91 Å². The van der Waals surface area contributed by atoms with Gasteiger partial charge >= 0.3 is 0 Å². The fourth-order valence-corrected chi connectivity index (χ4v) is 4.59. The number of rotatable bonds is 5. The van der Waals surface area contributed by atoms with Crippen LogP contribution in [0.3, 0.4) is 0 Å². The molecule has 0 bridgehead atoms. The van der Waals surface area contributed by atoms with Crippen molar-refractivity contribution in [1.29, 1.82) is 0 Å². The van der Waals surface area contributed by atoms with E-state index >= 15 is 0 Å². The van der Waals surface area contributed by atoms with Crippen molar-refractivity contribution >= 4 is 45.2 Å². The van der Waals surface area contributed by atoms with Gasteiger partial charge in [-0.15, -0.1) is 12.4 Å². The van der Waals surface area contributed by atoms with Crippen molar-refractivity contribution in [3.8, 4) is 0 Å². The van der Waals surface area contributed by atoms with Crippen molar-refractivity contribution in [3.63, 3.8) is 0 Å². The highest BCUT2D eigenvalue weighted by molar-refractivity contribution is 9.10. The summed E-state index contributed by atoms with van der Waals surface area (Å²) in [6, 6.07) is 15.2. The van der Waals surface area contributed by atoms with E-state index in [4.69, 9.17) is 4.42 Å². The number of halogens is 2. The molecule has 5 nitrogen and oxygen atoms in total. The van der Waals surface area contributed by atoms with Crippen LogP contribution in [0.2, 0.25) is 0 Å². The zero-order valence-corrected chi connectivity index (χ0v) is 21.6. The second-order valence-corrected chi connectivity index (χ2v) is 10.4. The number of nitrogens with one attached hydrogen (secondary N) is 1. The van der Waals surface area contributed by atoms with Crippen molar-refractivity contribution in [3.05, 3.63) is 80.1 Å². The second-order valence-electron chi connectivity index (χ2n) is 9.46. The molecular formula is C26H30BrClN2O3. The molecule has 1 atom stereocenters. The van der Waals surface area contributed by atoms with Crippen LogP contribution in [-0.4, -0.2) is 30.4 Å². The van der Waals surface area contributed by atoms with Crippen LogP contribution >= 0.6 is 28.3 Å². The number of nitrogens with zero attached hydrogens (tertiary/aromatic N) is 1. The molecule has 0 saturated carbocycles. The standard InChI is InChI=1S/C26H29BrN2O3.ClH/c1-26(2,3)18-8-6-17(7-9-18)21(29-12-4-5-13-29)16-28-25(31)24-15-22(30)20-14-19(27)10-11-23(20)32-24;/h6-11,14-15,21H,4-5,12-13,16H2,1-3H3,(H,28,31);1H. The fraction of sp³-hybridized carbons (Fsp3) is 0.385. The lowest BCUT2D eigenvalue weighted by molar-refractivity contribution is 0.0910. The predicted molar refractivity (Wildman–Crippen MR) is 138 cm³/mol. The molecule has 7 heteroatoms. The zero-order chi connectivity index (χ0) is 22.9. The van der Waals surface area contributed by atoms with E-state index in [1.54, 1.807) is 18.2 Å². The summed E-state index contributed by atoms with van der Waals surface area (Å²) in [5, 5.41) is 3.45. The number of hydrogen-bond acceptors (Lipinski definition) is 4. The second kappa shape index (κ2) is 10.4. The third-order valence-corrected chi connectivity index (χ3v) is 6.61. The van der Waals surface area contributed by atoms with Gasteiger partial charge in [0.1, 0.15) is 5.58 Å². The Morgan fingerprint density at radius 2 is 1.76 bits per heavy atom. The fourth-order valence-electron chi connectivity index (χ4n) is 4.23. The molecule has 1 N–H and O–H groups in total. The van der Waals surface area contributed by atoms with Gasteiger partial charge in [0.05, 0.1) is 11.4 Å². The molecule has 1 aliphatic heterocycles. The van der Waals surface area contributed by atoms with Crippen LogP contribution in [0.1, 0.15) is 61.3 Å². The highest BCUT2D eigenvalue weighted by Gasteiger charge is 2.25. The monoisotopic (exact) mass is 532 g/mol. The number of carbonyl (C=O) groups excluding carboxylic acids is 1. The molecule has 1 fully saturated rings. The number of fused-ring (bicyclic) bond motifs is 1. The van der Waals surface area contributed by atoms with Gasteiger partial charge in [0, 0.05) is 17.1 Å². The van der Waals surface area contributed by atoms with Crippen LogP contribution in [0.15, 0.2) is 62.2 Å². The first-order valence-corrected chi connectivity index (χ1v) is 11.9. The lowest BCUT2D eigenvalue weighted by atomic mass is 9.86. The molecule has 1 saturated heterocycles. The van der Waals surface area contributed by atoms with E-state index in [0.717, 1.165) is 17.6 Å². The molecule has 1 unspecified atom stereocenters. The number of amides is 1. The highest BCUT2D eigenvalue weighted by Crippen LogP contribution is 2.28. The molecule has 1 aliphatic rings. The van der Waals surface area contributed by atoms with Crippen LogP contribution < -0.4 is 10.7 Å². The van der Waals surface area contributed by atoms with Gasteiger partial charge in [-0.2, -0.15) is 0 Å². The van der Waals surface area contributed by atoms with Crippen LogP contribution in [-0.2, 0) is 5.41 Å². The van der Waals surface area contributed by atoms with E-state index in [-0.39, 0.29) is 41.0 Å². The smallest absolute Gasteiger partial charge is 0.287 e. The zero-order valence-electron chi connectivity index (χ0n) is 19.2. The average molecular weight is 534 g/mol. The average Bonchev–Trinajstić information content (AvgIpc) is 3.28. The number of likely N-dealkylation sites (tertiary alicyclic amines) is 1. The first kappa shape index (κ1) is 25.5. The maximum Gasteiger partial charge on any atom is 0.287 e. The highest BCUT2D eigenvalue weighted by atomic mass is 79.9. The van der Waals surface area contributed by atoms with Crippen LogP contribution in [0.25, 0.3) is 11.0 Å². The third kappa shape index (κ3) is 5.86.